The van der Waals surface area contributed by atoms with Crippen LogP contribution in [-0.4, -0.2) is 28.4 Å². The molecule has 1 aliphatic rings. The average Bonchev–Trinajstić information content (AvgIpc) is 2.71. The molecule has 0 unspecified atom stereocenters. The van der Waals surface area contributed by atoms with Crippen LogP contribution in [0.3, 0.4) is 0 Å². The van der Waals surface area contributed by atoms with Crippen LogP contribution in [0.5, 0.6) is 0 Å². The lowest BCUT2D eigenvalue weighted by Crippen LogP contribution is -2.45. The van der Waals surface area contributed by atoms with Crippen LogP contribution in [0.15, 0.2) is 41.3 Å². The number of carbonyl (C=O) groups excluding carboxylic acids is 1. The lowest BCUT2D eigenvalue weighted by molar-refractivity contribution is -0.138. The van der Waals surface area contributed by atoms with Crippen molar-refractivity contribution in [2.24, 2.45) is 5.92 Å². The molecule has 1 N–H and O–H groups in total. The molecule has 5 nitrogen and oxygen atoms in total. The van der Waals surface area contributed by atoms with Gasteiger partial charge in [-0.05, 0) is 50.8 Å². The van der Waals surface area contributed by atoms with Crippen molar-refractivity contribution in [1.29, 1.82) is 5.26 Å². The van der Waals surface area contributed by atoms with Crippen LogP contribution in [0.2, 0.25) is 0 Å². The Bertz CT molecular complexity index is 992. The van der Waals surface area contributed by atoms with Gasteiger partial charge < -0.3 is 9.88 Å². The van der Waals surface area contributed by atoms with Gasteiger partial charge in [-0.1, -0.05) is 19.1 Å². The standard InChI is InChI=1S/C15H18F3NO.C7H6N2O/c1-10-7-8-11(2)19(9-10)14(20)12-5-3-4-6-13(12)15(16,17)18;1-5-6(4-8)2-3-9-7(5)10/h3-6,10-11H,7-9H2,1-2H3;2-3H,1H3,(H,9,10)/t10-,11-;/m1./s1. The molecular weight excluding hydrogens is 395 g/mol. The molecule has 160 valence electrons. The Hall–Kier alpha value is -3.08. The molecule has 1 aliphatic heterocycles. The molecule has 0 saturated carbocycles. The molecular formula is C22H24F3N3O2. The zero-order chi connectivity index (χ0) is 22.5. The van der Waals surface area contributed by atoms with Crippen molar-refractivity contribution < 1.29 is 18.0 Å². The lowest BCUT2D eigenvalue weighted by atomic mass is 9.93. The summed E-state index contributed by atoms with van der Waals surface area (Å²) in [6, 6.07) is 8.49. The minimum Gasteiger partial charge on any atom is -0.336 e. The maximum Gasteiger partial charge on any atom is 0.417 e. The Kier molecular flexibility index (Phi) is 7.43. The maximum atomic E-state index is 13.0. The molecule has 3 rings (SSSR count). The molecule has 2 heterocycles. The third-order valence-corrected chi connectivity index (χ3v) is 5.17. The van der Waals surface area contributed by atoms with Gasteiger partial charge in [-0.15, -0.1) is 0 Å². The van der Waals surface area contributed by atoms with Crippen molar-refractivity contribution in [1.82, 2.24) is 9.88 Å². The SMILES string of the molecule is C[C@@H]1CC[C@@H](C)N(C(=O)c2ccccc2C(F)(F)F)C1.Cc1c(C#N)cc[nH]c1=O. The summed E-state index contributed by atoms with van der Waals surface area (Å²) in [6.45, 7) is 6.05. The van der Waals surface area contributed by atoms with Gasteiger partial charge in [0.1, 0.15) is 0 Å². The van der Waals surface area contributed by atoms with Gasteiger partial charge in [0.2, 0.25) is 0 Å². The Morgan fingerprint density at radius 1 is 1.20 bits per heavy atom. The lowest BCUT2D eigenvalue weighted by Gasteiger charge is -2.37. The number of benzene rings is 1. The van der Waals surface area contributed by atoms with Gasteiger partial charge >= 0.3 is 6.18 Å². The first-order chi connectivity index (χ1) is 14.1. The number of alkyl halides is 3. The van der Waals surface area contributed by atoms with E-state index in [1.807, 2.05) is 19.9 Å². The fourth-order valence-electron chi connectivity index (χ4n) is 3.32. The number of piperidine rings is 1. The number of nitriles is 1. The Morgan fingerprint density at radius 2 is 1.87 bits per heavy atom. The maximum absolute atomic E-state index is 13.0. The van der Waals surface area contributed by atoms with Crippen LogP contribution in [0.1, 0.15) is 53.7 Å². The molecule has 1 aromatic carbocycles. The first-order valence-corrected chi connectivity index (χ1v) is 9.61. The van der Waals surface area contributed by atoms with Gasteiger partial charge in [0.25, 0.3) is 11.5 Å². The molecule has 30 heavy (non-hydrogen) atoms. The van der Waals surface area contributed by atoms with E-state index in [0.29, 0.717) is 23.6 Å². The molecule has 0 radical (unpaired) electrons. The van der Waals surface area contributed by atoms with E-state index < -0.39 is 17.6 Å². The zero-order valence-corrected chi connectivity index (χ0v) is 17.1. The fourth-order valence-corrected chi connectivity index (χ4v) is 3.32. The summed E-state index contributed by atoms with van der Waals surface area (Å²) in [4.78, 5) is 27.3. The van der Waals surface area contributed by atoms with Gasteiger partial charge in [0.15, 0.2) is 0 Å². The monoisotopic (exact) mass is 419 g/mol. The van der Waals surface area contributed by atoms with E-state index in [0.717, 1.165) is 18.9 Å². The molecule has 2 atom stereocenters. The number of amides is 1. The van der Waals surface area contributed by atoms with Crippen LogP contribution in [0.25, 0.3) is 0 Å². The summed E-state index contributed by atoms with van der Waals surface area (Å²) in [7, 11) is 0. The van der Waals surface area contributed by atoms with Crippen LogP contribution >= 0.6 is 0 Å². The van der Waals surface area contributed by atoms with Crippen molar-refractivity contribution in [2.75, 3.05) is 6.54 Å². The predicted octanol–water partition coefficient (Wildman–Crippen LogP) is 4.52. The molecule has 1 amide bonds. The number of H-pyrrole nitrogens is 1. The van der Waals surface area contributed by atoms with E-state index in [1.54, 1.807) is 17.9 Å². The number of carbonyl (C=O) groups is 1. The number of aromatic nitrogens is 1. The number of nitrogens with one attached hydrogen (secondary N) is 1. The topological polar surface area (TPSA) is 77.0 Å². The number of likely N-dealkylation sites (tertiary alicyclic amines) is 1. The third-order valence-electron chi connectivity index (χ3n) is 5.17. The van der Waals surface area contributed by atoms with Crippen LogP contribution in [-0.2, 0) is 6.18 Å². The van der Waals surface area contributed by atoms with Gasteiger partial charge in [0.05, 0.1) is 22.8 Å². The van der Waals surface area contributed by atoms with Gasteiger partial charge in [-0.3, -0.25) is 9.59 Å². The predicted molar refractivity (Wildman–Crippen MR) is 107 cm³/mol. The summed E-state index contributed by atoms with van der Waals surface area (Å²) < 4.78 is 38.9. The minimum atomic E-state index is -4.50. The zero-order valence-electron chi connectivity index (χ0n) is 17.1. The molecule has 8 heteroatoms. The molecule has 0 bridgehead atoms. The highest BCUT2D eigenvalue weighted by Crippen LogP contribution is 2.33. The number of nitrogens with zero attached hydrogens (tertiary/aromatic N) is 2. The van der Waals surface area contributed by atoms with Crippen molar-refractivity contribution in [3.8, 4) is 6.07 Å². The number of aromatic amines is 1. The molecule has 1 aromatic heterocycles. The fraction of sp³-hybridized carbons (Fsp3) is 0.409. The largest absolute Gasteiger partial charge is 0.417 e. The van der Waals surface area contributed by atoms with E-state index >= 15 is 0 Å². The smallest absolute Gasteiger partial charge is 0.336 e. The number of hydrogen-bond acceptors (Lipinski definition) is 3. The molecule has 1 saturated heterocycles. The normalized spacial score (nSPS) is 18.8. The van der Waals surface area contributed by atoms with Gasteiger partial charge in [0, 0.05) is 24.3 Å². The second-order valence-electron chi connectivity index (χ2n) is 7.49. The van der Waals surface area contributed by atoms with E-state index in [4.69, 9.17) is 5.26 Å². The summed E-state index contributed by atoms with van der Waals surface area (Å²) in [5.74, 6) is -0.190. The minimum absolute atomic E-state index is 0.0139. The van der Waals surface area contributed by atoms with Crippen molar-refractivity contribution >= 4 is 5.91 Å². The summed E-state index contributed by atoms with van der Waals surface area (Å²) >= 11 is 0. The van der Waals surface area contributed by atoms with Crippen molar-refractivity contribution in [3.63, 3.8) is 0 Å². The highest BCUT2D eigenvalue weighted by molar-refractivity contribution is 5.96. The first kappa shape index (κ1) is 23.2. The van der Waals surface area contributed by atoms with Crippen molar-refractivity contribution in [3.05, 3.63) is 69.1 Å². The third kappa shape index (κ3) is 5.50. The van der Waals surface area contributed by atoms with E-state index in [2.05, 4.69) is 4.98 Å². The van der Waals surface area contributed by atoms with E-state index in [-0.39, 0.29) is 17.2 Å². The summed E-state index contributed by atoms with van der Waals surface area (Å²) in [5, 5.41) is 8.44. The number of halogens is 3. The Labute approximate surface area is 173 Å². The number of rotatable bonds is 1. The van der Waals surface area contributed by atoms with Crippen LogP contribution < -0.4 is 5.56 Å². The molecule has 0 aliphatic carbocycles. The highest BCUT2D eigenvalue weighted by atomic mass is 19.4. The summed E-state index contributed by atoms with van der Waals surface area (Å²) in [5.41, 5.74) is -0.385. The average molecular weight is 419 g/mol. The molecule has 0 spiro atoms. The highest BCUT2D eigenvalue weighted by Gasteiger charge is 2.37. The van der Waals surface area contributed by atoms with Gasteiger partial charge in [-0.2, -0.15) is 18.4 Å². The van der Waals surface area contributed by atoms with Crippen LogP contribution in [0, 0.1) is 24.2 Å². The summed E-state index contributed by atoms with van der Waals surface area (Å²) in [6.07, 6.45) is -1.20. The Balaban J connectivity index is 0.000000269. The van der Waals surface area contributed by atoms with Crippen molar-refractivity contribution in [2.45, 2.75) is 45.8 Å². The second kappa shape index (κ2) is 9.61. The number of pyridine rings is 1. The first-order valence-electron chi connectivity index (χ1n) is 9.61. The molecule has 1 fully saturated rings. The van der Waals surface area contributed by atoms with E-state index in [1.165, 1.54) is 24.4 Å². The van der Waals surface area contributed by atoms with E-state index in [9.17, 15) is 22.8 Å². The molecule has 2 aromatic rings. The van der Waals surface area contributed by atoms with Crippen LogP contribution in [0.4, 0.5) is 13.2 Å². The number of hydrogen-bond donors (Lipinski definition) is 1. The second-order valence-corrected chi connectivity index (χ2v) is 7.49. The van der Waals surface area contributed by atoms with Gasteiger partial charge in [-0.25, -0.2) is 0 Å². The Morgan fingerprint density at radius 3 is 2.47 bits per heavy atom. The quantitative estimate of drug-likeness (QED) is 0.738.